The van der Waals surface area contributed by atoms with Crippen molar-refractivity contribution in [2.75, 3.05) is 40.3 Å². The van der Waals surface area contributed by atoms with Crippen LogP contribution in [0.1, 0.15) is 39.5 Å². The molecule has 1 rings (SSSR count). The van der Waals surface area contributed by atoms with Crippen LogP contribution in [0.4, 0.5) is 0 Å². The molecule has 0 radical (unpaired) electrons. The Bertz CT molecular complexity index is 297. The fourth-order valence-corrected chi connectivity index (χ4v) is 2.62. The van der Waals surface area contributed by atoms with Crippen LogP contribution in [-0.2, 0) is 4.79 Å². The predicted octanol–water partition coefficient (Wildman–Crippen LogP) is 0.680. The fourth-order valence-electron chi connectivity index (χ4n) is 2.62. The van der Waals surface area contributed by atoms with E-state index in [0.29, 0.717) is 19.1 Å². The molecular formula is C15H31N3O2. The molecule has 1 fully saturated rings. The third-order valence-corrected chi connectivity index (χ3v) is 4.01. The molecule has 0 aromatic rings. The lowest BCUT2D eigenvalue weighted by Crippen LogP contribution is -2.49. The number of likely N-dealkylation sites (tertiary alicyclic amines) is 1. The molecule has 0 bridgehead atoms. The first-order valence-corrected chi connectivity index (χ1v) is 7.72. The predicted molar refractivity (Wildman–Crippen MR) is 81.7 cm³/mol. The van der Waals surface area contributed by atoms with Crippen LogP contribution < -0.4 is 5.32 Å². The number of hydrogen-bond acceptors (Lipinski definition) is 4. The summed E-state index contributed by atoms with van der Waals surface area (Å²) in [6.45, 7) is 7.07. The number of amides is 1. The molecule has 20 heavy (non-hydrogen) atoms. The minimum absolute atomic E-state index is 0.169. The second-order valence-electron chi connectivity index (χ2n) is 6.47. The van der Waals surface area contributed by atoms with Gasteiger partial charge in [-0.25, -0.2) is 0 Å². The number of piperidine rings is 1. The van der Waals surface area contributed by atoms with E-state index < -0.39 is 5.60 Å². The number of nitrogens with one attached hydrogen (secondary N) is 1. The van der Waals surface area contributed by atoms with Crippen molar-refractivity contribution in [1.29, 1.82) is 0 Å². The van der Waals surface area contributed by atoms with Gasteiger partial charge in [0.1, 0.15) is 0 Å². The van der Waals surface area contributed by atoms with Gasteiger partial charge in [0, 0.05) is 39.8 Å². The monoisotopic (exact) mass is 285 g/mol. The highest BCUT2D eigenvalue weighted by molar-refractivity contribution is 5.77. The first-order valence-electron chi connectivity index (χ1n) is 7.72. The van der Waals surface area contributed by atoms with Crippen molar-refractivity contribution in [3.05, 3.63) is 0 Å². The van der Waals surface area contributed by atoms with E-state index in [4.69, 9.17) is 0 Å². The zero-order chi connectivity index (χ0) is 15.2. The first kappa shape index (κ1) is 17.4. The van der Waals surface area contributed by atoms with Crippen LogP contribution in [0.2, 0.25) is 0 Å². The summed E-state index contributed by atoms with van der Waals surface area (Å²) in [5.41, 5.74) is -0.604. The largest absolute Gasteiger partial charge is 0.389 e. The van der Waals surface area contributed by atoms with Crippen LogP contribution in [0.5, 0.6) is 0 Å². The van der Waals surface area contributed by atoms with Crippen LogP contribution in [0.3, 0.4) is 0 Å². The summed E-state index contributed by atoms with van der Waals surface area (Å²) in [5, 5.41) is 13.6. The van der Waals surface area contributed by atoms with Gasteiger partial charge in [-0.15, -0.1) is 0 Å². The lowest BCUT2D eigenvalue weighted by molar-refractivity contribution is -0.130. The summed E-state index contributed by atoms with van der Waals surface area (Å²) < 4.78 is 0. The van der Waals surface area contributed by atoms with Gasteiger partial charge in [-0.1, -0.05) is 13.3 Å². The van der Waals surface area contributed by atoms with Gasteiger partial charge in [0.2, 0.25) is 5.91 Å². The maximum atomic E-state index is 11.7. The third kappa shape index (κ3) is 6.20. The molecule has 1 atom stereocenters. The first-order chi connectivity index (χ1) is 9.34. The smallest absolute Gasteiger partial charge is 0.236 e. The summed E-state index contributed by atoms with van der Waals surface area (Å²) in [6, 6.07) is 0.462. The molecule has 1 heterocycles. The second kappa shape index (κ2) is 7.96. The summed E-state index contributed by atoms with van der Waals surface area (Å²) >= 11 is 0. The van der Waals surface area contributed by atoms with Crippen molar-refractivity contribution < 1.29 is 9.90 Å². The normalized spacial score (nSPS) is 20.6. The van der Waals surface area contributed by atoms with Gasteiger partial charge in [0.15, 0.2) is 0 Å². The van der Waals surface area contributed by atoms with Crippen molar-refractivity contribution in [2.24, 2.45) is 0 Å². The molecule has 0 aromatic carbocycles. The SMILES string of the molecule is CCCC(C)(O)CNC1CCN(CC(=O)N(C)C)CC1. The molecule has 1 unspecified atom stereocenters. The summed E-state index contributed by atoms with van der Waals surface area (Å²) in [5.74, 6) is 0.169. The number of likely N-dealkylation sites (N-methyl/N-ethyl adjacent to an activating group) is 1. The van der Waals surface area contributed by atoms with Crippen molar-refractivity contribution in [1.82, 2.24) is 15.1 Å². The Labute approximate surface area is 123 Å². The molecule has 0 aromatic heterocycles. The number of rotatable bonds is 7. The van der Waals surface area contributed by atoms with Crippen molar-refractivity contribution in [3.63, 3.8) is 0 Å². The van der Waals surface area contributed by atoms with E-state index >= 15 is 0 Å². The lowest BCUT2D eigenvalue weighted by atomic mass is 9.98. The molecule has 1 aliphatic heterocycles. The van der Waals surface area contributed by atoms with Crippen molar-refractivity contribution >= 4 is 5.91 Å². The molecule has 1 saturated heterocycles. The van der Waals surface area contributed by atoms with Gasteiger partial charge in [0.05, 0.1) is 12.1 Å². The van der Waals surface area contributed by atoms with E-state index in [2.05, 4.69) is 17.1 Å². The lowest BCUT2D eigenvalue weighted by Gasteiger charge is -2.34. The average Bonchev–Trinajstić information content (AvgIpc) is 2.38. The van der Waals surface area contributed by atoms with E-state index in [1.54, 1.807) is 19.0 Å². The standard InChI is InChI=1S/C15H31N3O2/c1-5-8-15(2,20)12-16-13-6-9-18(10-7-13)11-14(19)17(3)4/h13,16,20H,5-12H2,1-4H3. The van der Waals surface area contributed by atoms with Crippen LogP contribution in [0, 0.1) is 0 Å². The molecule has 0 saturated carbocycles. The Kier molecular flexibility index (Phi) is 6.92. The molecule has 1 aliphatic rings. The molecule has 1 amide bonds. The molecule has 5 heteroatoms. The zero-order valence-corrected chi connectivity index (χ0v) is 13.5. The average molecular weight is 285 g/mol. The number of carbonyl (C=O) groups is 1. The van der Waals surface area contributed by atoms with Crippen LogP contribution in [-0.4, -0.2) is 72.7 Å². The molecule has 2 N–H and O–H groups in total. The van der Waals surface area contributed by atoms with Gasteiger partial charge in [-0.3, -0.25) is 9.69 Å². The highest BCUT2D eigenvalue weighted by atomic mass is 16.3. The van der Waals surface area contributed by atoms with Crippen LogP contribution >= 0.6 is 0 Å². The molecule has 118 valence electrons. The highest BCUT2D eigenvalue weighted by Crippen LogP contribution is 2.14. The second-order valence-corrected chi connectivity index (χ2v) is 6.47. The van der Waals surface area contributed by atoms with E-state index in [0.717, 1.165) is 38.8 Å². The van der Waals surface area contributed by atoms with E-state index in [1.165, 1.54) is 0 Å². The van der Waals surface area contributed by atoms with Gasteiger partial charge < -0.3 is 15.3 Å². The van der Waals surface area contributed by atoms with Crippen LogP contribution in [0.25, 0.3) is 0 Å². The Morgan fingerprint density at radius 3 is 2.50 bits per heavy atom. The fraction of sp³-hybridized carbons (Fsp3) is 0.933. The van der Waals surface area contributed by atoms with Gasteiger partial charge >= 0.3 is 0 Å². The number of nitrogens with zero attached hydrogens (tertiary/aromatic N) is 2. The van der Waals surface area contributed by atoms with Gasteiger partial charge in [0.25, 0.3) is 0 Å². The Hall–Kier alpha value is -0.650. The van der Waals surface area contributed by atoms with E-state index in [9.17, 15) is 9.90 Å². The number of carbonyl (C=O) groups excluding carboxylic acids is 1. The molecule has 0 spiro atoms. The maximum Gasteiger partial charge on any atom is 0.236 e. The minimum Gasteiger partial charge on any atom is -0.389 e. The molecular weight excluding hydrogens is 254 g/mol. The Morgan fingerprint density at radius 2 is 2.00 bits per heavy atom. The number of aliphatic hydroxyl groups is 1. The van der Waals surface area contributed by atoms with Crippen LogP contribution in [0.15, 0.2) is 0 Å². The topological polar surface area (TPSA) is 55.8 Å². The molecule has 0 aliphatic carbocycles. The van der Waals surface area contributed by atoms with Gasteiger partial charge in [-0.2, -0.15) is 0 Å². The van der Waals surface area contributed by atoms with Gasteiger partial charge in [-0.05, 0) is 26.2 Å². The maximum absolute atomic E-state index is 11.7. The quantitative estimate of drug-likeness (QED) is 0.722. The van der Waals surface area contributed by atoms with E-state index in [1.807, 2.05) is 6.92 Å². The Balaban J connectivity index is 2.24. The van der Waals surface area contributed by atoms with Crippen molar-refractivity contribution in [3.8, 4) is 0 Å². The summed E-state index contributed by atoms with van der Waals surface area (Å²) in [6.07, 6.45) is 3.92. The third-order valence-electron chi connectivity index (χ3n) is 4.01. The highest BCUT2D eigenvalue weighted by Gasteiger charge is 2.24. The Morgan fingerprint density at radius 1 is 1.40 bits per heavy atom. The van der Waals surface area contributed by atoms with E-state index in [-0.39, 0.29) is 5.91 Å². The molecule has 5 nitrogen and oxygen atoms in total. The summed E-state index contributed by atoms with van der Waals surface area (Å²) in [4.78, 5) is 15.5. The van der Waals surface area contributed by atoms with Crippen molar-refractivity contribution in [2.45, 2.75) is 51.2 Å². The number of hydrogen-bond donors (Lipinski definition) is 2. The zero-order valence-electron chi connectivity index (χ0n) is 13.5. The minimum atomic E-state index is -0.604. The summed E-state index contributed by atoms with van der Waals surface area (Å²) in [7, 11) is 3.60.